The van der Waals surface area contributed by atoms with Crippen molar-refractivity contribution >= 4 is 23.5 Å². The number of esters is 1. The fourth-order valence-electron chi connectivity index (χ4n) is 2.51. The number of carbonyl (C=O) groups excluding carboxylic acids is 2. The van der Waals surface area contributed by atoms with E-state index in [2.05, 4.69) is 10.5 Å². The molecule has 0 atom stereocenters. The highest BCUT2D eigenvalue weighted by Crippen LogP contribution is 2.24. The van der Waals surface area contributed by atoms with Crippen molar-refractivity contribution in [3.8, 4) is 5.75 Å². The number of nitrogens with one attached hydrogen (secondary N) is 1. The summed E-state index contributed by atoms with van der Waals surface area (Å²) in [6.07, 6.45) is 0.777. The van der Waals surface area contributed by atoms with Gasteiger partial charge in [-0.15, -0.1) is 0 Å². The highest BCUT2D eigenvalue weighted by Gasteiger charge is 2.31. The molecule has 1 aromatic heterocycles. The summed E-state index contributed by atoms with van der Waals surface area (Å²) in [6.45, 7) is 9.60. The van der Waals surface area contributed by atoms with E-state index in [1.165, 1.54) is 0 Å². The Kier molecular flexibility index (Phi) is 7.03. The lowest BCUT2D eigenvalue weighted by Gasteiger charge is -2.25. The molecule has 8 nitrogen and oxygen atoms in total. The zero-order valence-electron chi connectivity index (χ0n) is 16.9. The van der Waals surface area contributed by atoms with Crippen molar-refractivity contribution in [1.29, 1.82) is 0 Å². The van der Waals surface area contributed by atoms with Gasteiger partial charge in [0.05, 0.1) is 6.61 Å². The molecule has 2 rings (SSSR count). The number of benzene rings is 1. The fraction of sp³-hybridized carbons (Fsp3) is 0.450. The third kappa shape index (κ3) is 5.48. The van der Waals surface area contributed by atoms with Gasteiger partial charge in [0.15, 0.2) is 11.4 Å². The lowest BCUT2D eigenvalue weighted by Crippen LogP contribution is -2.39. The average molecular weight is 389 g/mol. The largest absolute Gasteiger partial charge is 0.476 e. The summed E-state index contributed by atoms with van der Waals surface area (Å²) in [6, 6.07) is 8.30. The second-order valence-corrected chi connectivity index (χ2v) is 6.73. The molecule has 1 heterocycles. The smallest absolute Gasteiger partial charge is 0.349 e. The van der Waals surface area contributed by atoms with Crippen LogP contribution in [0.2, 0.25) is 0 Å². The minimum Gasteiger partial charge on any atom is -0.476 e. The van der Waals surface area contributed by atoms with Gasteiger partial charge in [-0.1, -0.05) is 12.1 Å². The van der Waals surface area contributed by atoms with E-state index in [1.54, 1.807) is 62.9 Å². The Bertz CT molecular complexity index is 798. The Morgan fingerprint density at radius 3 is 2.43 bits per heavy atom. The Morgan fingerprint density at radius 2 is 1.89 bits per heavy atom. The maximum Gasteiger partial charge on any atom is 0.349 e. The van der Waals surface area contributed by atoms with E-state index < -0.39 is 11.6 Å². The van der Waals surface area contributed by atoms with Crippen molar-refractivity contribution in [3.63, 3.8) is 0 Å². The maximum atomic E-state index is 12.6. The van der Waals surface area contributed by atoms with Crippen molar-refractivity contribution in [1.82, 2.24) is 5.16 Å². The number of rotatable bonds is 8. The summed E-state index contributed by atoms with van der Waals surface area (Å²) in [5.41, 5.74) is -0.413. The summed E-state index contributed by atoms with van der Waals surface area (Å²) in [4.78, 5) is 26.2. The number of anilines is 2. The van der Waals surface area contributed by atoms with Crippen LogP contribution in [0.4, 0.5) is 16.3 Å². The molecule has 0 fully saturated rings. The number of aryl methyl sites for hydroxylation is 1. The van der Waals surface area contributed by atoms with E-state index in [0.29, 0.717) is 29.6 Å². The van der Waals surface area contributed by atoms with Gasteiger partial charge in [-0.05, 0) is 58.4 Å². The van der Waals surface area contributed by atoms with Crippen molar-refractivity contribution in [3.05, 3.63) is 36.1 Å². The summed E-state index contributed by atoms with van der Waals surface area (Å²) in [5, 5.41) is 6.50. The number of carbonyl (C=O) groups is 2. The third-order valence-corrected chi connectivity index (χ3v) is 3.84. The van der Waals surface area contributed by atoms with Gasteiger partial charge < -0.3 is 14.0 Å². The first-order valence-electron chi connectivity index (χ1n) is 9.25. The van der Waals surface area contributed by atoms with Gasteiger partial charge >= 0.3 is 12.0 Å². The summed E-state index contributed by atoms with van der Waals surface area (Å²) in [7, 11) is 0. The molecule has 1 aromatic carbocycles. The third-order valence-electron chi connectivity index (χ3n) is 3.84. The molecule has 0 bridgehead atoms. The maximum absolute atomic E-state index is 12.6. The Hall–Kier alpha value is -3.03. The van der Waals surface area contributed by atoms with Crippen molar-refractivity contribution < 1.29 is 23.6 Å². The highest BCUT2D eigenvalue weighted by atomic mass is 16.6. The quantitative estimate of drug-likeness (QED) is 0.682. The number of urea groups is 1. The van der Waals surface area contributed by atoms with Crippen LogP contribution in [-0.2, 0) is 9.53 Å². The molecular weight excluding hydrogens is 362 g/mol. The topological polar surface area (TPSA) is 93.9 Å². The molecule has 152 valence electrons. The normalized spacial score (nSPS) is 11.0. The highest BCUT2D eigenvalue weighted by molar-refractivity contribution is 6.01. The minimum absolute atomic E-state index is 0.288. The lowest BCUT2D eigenvalue weighted by atomic mass is 10.1. The van der Waals surface area contributed by atoms with Crippen molar-refractivity contribution in [2.45, 2.75) is 46.6 Å². The van der Waals surface area contributed by atoms with Gasteiger partial charge in [0.2, 0.25) is 0 Å². The molecule has 2 aromatic rings. The number of hydrogen-bond acceptors (Lipinski definition) is 6. The van der Waals surface area contributed by atoms with Gasteiger partial charge in [0.1, 0.15) is 11.5 Å². The van der Waals surface area contributed by atoms with Crippen LogP contribution in [0.15, 0.2) is 34.9 Å². The molecule has 0 saturated heterocycles. The first-order chi connectivity index (χ1) is 13.3. The monoisotopic (exact) mass is 389 g/mol. The van der Waals surface area contributed by atoms with Crippen molar-refractivity contribution in [2.24, 2.45) is 0 Å². The second-order valence-electron chi connectivity index (χ2n) is 6.73. The van der Waals surface area contributed by atoms with Gasteiger partial charge in [0, 0.05) is 18.3 Å². The molecule has 8 heteroatoms. The Labute approximate surface area is 164 Å². The van der Waals surface area contributed by atoms with E-state index in [-0.39, 0.29) is 12.6 Å². The van der Waals surface area contributed by atoms with Crippen LogP contribution in [0.25, 0.3) is 0 Å². The van der Waals surface area contributed by atoms with Crippen LogP contribution in [-0.4, -0.2) is 35.9 Å². The first kappa shape index (κ1) is 21.3. The number of aromatic nitrogens is 1. The second kappa shape index (κ2) is 9.25. The molecular formula is C20H27N3O5. The Morgan fingerprint density at radius 1 is 1.21 bits per heavy atom. The molecule has 0 aliphatic heterocycles. The predicted molar refractivity (Wildman–Crippen MR) is 106 cm³/mol. The number of hydrogen-bond donors (Lipinski definition) is 1. The summed E-state index contributed by atoms with van der Waals surface area (Å²) in [5.74, 6) is 1.04. The van der Waals surface area contributed by atoms with Gasteiger partial charge in [-0.3, -0.25) is 10.2 Å². The molecule has 1 N–H and O–H groups in total. The predicted octanol–water partition coefficient (Wildman–Crippen LogP) is 4.15. The lowest BCUT2D eigenvalue weighted by molar-refractivity contribution is -0.158. The number of nitrogens with zero attached hydrogens (tertiary/aromatic N) is 2. The van der Waals surface area contributed by atoms with Gasteiger partial charge in [-0.25, -0.2) is 9.59 Å². The standard InChI is InChI=1S/C20H27N3O5/c1-6-12-23(19(25)21-17-13-14(3)28-22-17)15-8-10-16(11-9-15)27-20(4,5)18(24)26-7-2/h8-11,13H,6-7,12H2,1-5H3,(H,21,22,25). The Balaban J connectivity index is 2.11. The molecule has 0 saturated carbocycles. The van der Waals surface area contributed by atoms with Crippen LogP contribution in [0.3, 0.4) is 0 Å². The van der Waals surface area contributed by atoms with Crippen LogP contribution in [0, 0.1) is 6.92 Å². The van der Waals surface area contributed by atoms with Gasteiger partial charge in [0.25, 0.3) is 0 Å². The summed E-state index contributed by atoms with van der Waals surface area (Å²) >= 11 is 0. The molecule has 0 unspecified atom stereocenters. The van der Waals surface area contributed by atoms with E-state index >= 15 is 0 Å². The molecule has 0 radical (unpaired) electrons. The van der Waals surface area contributed by atoms with E-state index in [4.69, 9.17) is 14.0 Å². The molecule has 0 spiro atoms. The van der Waals surface area contributed by atoms with E-state index in [9.17, 15) is 9.59 Å². The zero-order valence-corrected chi connectivity index (χ0v) is 16.9. The molecule has 2 amide bonds. The number of amides is 2. The molecule has 28 heavy (non-hydrogen) atoms. The van der Waals surface area contributed by atoms with E-state index in [0.717, 1.165) is 6.42 Å². The molecule has 0 aliphatic rings. The fourth-order valence-corrected chi connectivity index (χ4v) is 2.51. The van der Waals surface area contributed by atoms with E-state index in [1.807, 2.05) is 6.92 Å². The van der Waals surface area contributed by atoms with Gasteiger partial charge in [-0.2, -0.15) is 0 Å². The number of ether oxygens (including phenoxy) is 2. The first-order valence-corrected chi connectivity index (χ1v) is 9.25. The van der Waals surface area contributed by atoms with Crippen LogP contribution in [0.1, 0.15) is 39.9 Å². The minimum atomic E-state index is -1.11. The van der Waals surface area contributed by atoms with Crippen LogP contribution >= 0.6 is 0 Å². The average Bonchev–Trinajstić information content (AvgIpc) is 3.05. The summed E-state index contributed by atoms with van der Waals surface area (Å²) < 4.78 is 15.7. The zero-order chi connectivity index (χ0) is 20.7. The SMILES string of the molecule is CCCN(C(=O)Nc1cc(C)on1)c1ccc(OC(C)(C)C(=O)OCC)cc1. The van der Waals surface area contributed by atoms with Crippen LogP contribution < -0.4 is 15.0 Å². The molecule has 0 aliphatic carbocycles. The van der Waals surface area contributed by atoms with Crippen LogP contribution in [0.5, 0.6) is 5.75 Å². The van der Waals surface area contributed by atoms with Crippen molar-refractivity contribution in [2.75, 3.05) is 23.4 Å².